The van der Waals surface area contributed by atoms with E-state index in [1.807, 2.05) is 26.8 Å². The van der Waals surface area contributed by atoms with Gasteiger partial charge >= 0.3 is 0 Å². The van der Waals surface area contributed by atoms with Crippen molar-refractivity contribution >= 4 is 46.8 Å². The van der Waals surface area contributed by atoms with Gasteiger partial charge in [0.25, 0.3) is 0 Å². The van der Waals surface area contributed by atoms with Crippen molar-refractivity contribution in [3.05, 3.63) is 69.5 Å². The third-order valence-corrected chi connectivity index (χ3v) is 5.98. The van der Waals surface area contributed by atoms with Crippen LogP contribution in [0.3, 0.4) is 0 Å². The lowest BCUT2D eigenvalue weighted by Gasteiger charge is -2.31. The van der Waals surface area contributed by atoms with Crippen LogP contribution < -0.4 is 5.32 Å². The number of hydrogen-bond donors (Lipinski definition) is 1. The molecule has 0 aliphatic rings. The van der Waals surface area contributed by atoms with E-state index in [0.29, 0.717) is 15.8 Å². The number of carbonyl (C=O) groups excluding carboxylic acids is 2. The Bertz CT molecular complexity index is 917. The molecule has 0 aromatic heterocycles. The molecule has 2 aromatic rings. The molecule has 0 radical (unpaired) electrons. The van der Waals surface area contributed by atoms with Gasteiger partial charge in [-0.3, -0.25) is 9.59 Å². The quantitative estimate of drug-likeness (QED) is 0.522. The number of nitrogens with one attached hydrogen (secondary N) is 1. The predicted octanol–water partition coefficient (Wildman–Crippen LogP) is 5.70. The number of amides is 2. The van der Waals surface area contributed by atoms with Gasteiger partial charge in [-0.05, 0) is 63.1 Å². The normalized spacial score (nSPS) is 12.4. The van der Waals surface area contributed by atoms with Crippen molar-refractivity contribution in [2.75, 3.05) is 5.75 Å². The molecule has 2 rings (SSSR count). The second kappa shape index (κ2) is 11.2. The van der Waals surface area contributed by atoms with Crippen molar-refractivity contribution < 1.29 is 14.0 Å². The van der Waals surface area contributed by atoms with Crippen LogP contribution in [0.2, 0.25) is 10.0 Å². The highest BCUT2D eigenvalue weighted by Gasteiger charge is 2.28. The molecule has 0 heterocycles. The van der Waals surface area contributed by atoms with E-state index in [9.17, 15) is 14.0 Å². The van der Waals surface area contributed by atoms with Gasteiger partial charge in [0, 0.05) is 27.9 Å². The number of thioether (sulfide) groups is 1. The van der Waals surface area contributed by atoms with Crippen LogP contribution in [-0.4, -0.2) is 34.0 Å². The molecule has 31 heavy (non-hydrogen) atoms. The molecule has 2 aromatic carbocycles. The fourth-order valence-corrected chi connectivity index (χ4v) is 4.28. The van der Waals surface area contributed by atoms with Crippen LogP contribution >= 0.6 is 35.0 Å². The minimum absolute atomic E-state index is 0.174. The Hall–Kier alpha value is -1.76. The SMILES string of the molecule is C[C@@H](C(=O)NC(C)(C)C)N(Cc1ccc(F)cc1)C(=O)CSCc1ccc(Cl)cc1Cl. The number of nitrogens with zero attached hydrogens (tertiary/aromatic N) is 1. The summed E-state index contributed by atoms with van der Waals surface area (Å²) < 4.78 is 13.3. The second-order valence-electron chi connectivity index (χ2n) is 8.29. The molecule has 168 valence electrons. The van der Waals surface area contributed by atoms with Gasteiger partial charge in [0.15, 0.2) is 0 Å². The van der Waals surface area contributed by atoms with E-state index < -0.39 is 11.6 Å². The first-order valence-corrected chi connectivity index (χ1v) is 11.7. The van der Waals surface area contributed by atoms with Crippen molar-refractivity contribution in [2.45, 2.75) is 51.6 Å². The number of benzene rings is 2. The lowest BCUT2D eigenvalue weighted by molar-refractivity contribution is -0.139. The molecule has 0 bridgehead atoms. The third kappa shape index (κ3) is 8.36. The zero-order valence-corrected chi connectivity index (χ0v) is 20.4. The van der Waals surface area contributed by atoms with Gasteiger partial charge in [-0.15, -0.1) is 11.8 Å². The van der Waals surface area contributed by atoms with Gasteiger partial charge in [0.2, 0.25) is 11.8 Å². The fourth-order valence-electron chi connectivity index (χ4n) is 2.81. The summed E-state index contributed by atoms with van der Waals surface area (Å²) in [6.07, 6.45) is 0. The fraction of sp³-hybridized carbons (Fsp3) is 0.391. The molecular weight excluding hydrogens is 458 g/mol. The van der Waals surface area contributed by atoms with Crippen LogP contribution in [0.25, 0.3) is 0 Å². The molecule has 1 N–H and O–H groups in total. The summed E-state index contributed by atoms with van der Waals surface area (Å²) in [5.74, 6) is -0.0673. The molecule has 0 aliphatic heterocycles. The van der Waals surface area contributed by atoms with E-state index >= 15 is 0 Å². The van der Waals surface area contributed by atoms with E-state index in [-0.39, 0.29) is 29.9 Å². The molecule has 8 heteroatoms. The Balaban J connectivity index is 2.10. The minimum atomic E-state index is -0.684. The summed E-state index contributed by atoms with van der Waals surface area (Å²) in [5.41, 5.74) is 1.21. The summed E-state index contributed by atoms with van der Waals surface area (Å²) in [5, 5.41) is 4.02. The van der Waals surface area contributed by atoms with Gasteiger partial charge in [-0.1, -0.05) is 41.4 Å². The first kappa shape index (κ1) is 25.5. The first-order chi connectivity index (χ1) is 14.5. The highest BCUT2D eigenvalue weighted by Crippen LogP contribution is 2.25. The maximum Gasteiger partial charge on any atom is 0.242 e. The number of hydrogen-bond acceptors (Lipinski definition) is 3. The molecule has 2 amide bonds. The smallest absolute Gasteiger partial charge is 0.242 e. The predicted molar refractivity (Wildman–Crippen MR) is 127 cm³/mol. The Labute approximate surface area is 197 Å². The van der Waals surface area contributed by atoms with Crippen molar-refractivity contribution in [1.29, 1.82) is 0 Å². The molecule has 0 fully saturated rings. The first-order valence-electron chi connectivity index (χ1n) is 9.84. The zero-order valence-electron chi connectivity index (χ0n) is 18.0. The molecule has 0 unspecified atom stereocenters. The highest BCUT2D eigenvalue weighted by atomic mass is 35.5. The topological polar surface area (TPSA) is 49.4 Å². The van der Waals surface area contributed by atoms with Crippen molar-refractivity contribution in [1.82, 2.24) is 10.2 Å². The number of rotatable bonds is 8. The Morgan fingerprint density at radius 3 is 2.35 bits per heavy atom. The second-order valence-corrected chi connectivity index (χ2v) is 10.1. The summed E-state index contributed by atoms with van der Waals surface area (Å²) >= 11 is 13.5. The largest absolute Gasteiger partial charge is 0.350 e. The monoisotopic (exact) mass is 484 g/mol. The number of halogens is 3. The summed E-state index contributed by atoms with van der Waals surface area (Å²) in [6.45, 7) is 7.56. The maximum atomic E-state index is 13.3. The van der Waals surface area contributed by atoms with Crippen LogP contribution in [0.1, 0.15) is 38.8 Å². The molecule has 0 spiro atoms. The molecule has 1 atom stereocenters. The van der Waals surface area contributed by atoms with Crippen LogP contribution in [0.5, 0.6) is 0 Å². The van der Waals surface area contributed by atoms with Crippen LogP contribution in [0.4, 0.5) is 4.39 Å². The third-order valence-electron chi connectivity index (χ3n) is 4.43. The zero-order chi connectivity index (χ0) is 23.2. The van der Waals surface area contributed by atoms with E-state index in [1.54, 1.807) is 31.2 Å². The molecular formula is C23H27Cl2FN2O2S. The van der Waals surface area contributed by atoms with Crippen molar-refractivity contribution in [2.24, 2.45) is 0 Å². The molecule has 0 saturated carbocycles. The van der Waals surface area contributed by atoms with E-state index in [4.69, 9.17) is 23.2 Å². The van der Waals surface area contributed by atoms with Crippen LogP contribution in [-0.2, 0) is 21.9 Å². The van der Waals surface area contributed by atoms with Gasteiger partial charge < -0.3 is 10.2 Å². The maximum absolute atomic E-state index is 13.3. The average Bonchev–Trinajstić information content (AvgIpc) is 2.67. The van der Waals surface area contributed by atoms with E-state index in [1.165, 1.54) is 28.8 Å². The average molecular weight is 485 g/mol. The number of carbonyl (C=O) groups is 2. The van der Waals surface area contributed by atoms with Crippen LogP contribution in [0.15, 0.2) is 42.5 Å². The van der Waals surface area contributed by atoms with Crippen molar-refractivity contribution in [3.63, 3.8) is 0 Å². The van der Waals surface area contributed by atoms with E-state index in [0.717, 1.165) is 11.1 Å². The molecule has 0 aliphatic carbocycles. The van der Waals surface area contributed by atoms with E-state index in [2.05, 4.69) is 5.32 Å². The summed E-state index contributed by atoms with van der Waals surface area (Å²) in [6, 6.07) is 10.5. The van der Waals surface area contributed by atoms with Gasteiger partial charge in [0.05, 0.1) is 5.75 Å². The van der Waals surface area contributed by atoms with Crippen molar-refractivity contribution in [3.8, 4) is 0 Å². The lowest BCUT2D eigenvalue weighted by atomic mass is 10.1. The van der Waals surface area contributed by atoms with Gasteiger partial charge in [0.1, 0.15) is 11.9 Å². The lowest BCUT2D eigenvalue weighted by Crippen LogP contribution is -2.52. The molecule has 0 saturated heterocycles. The summed E-state index contributed by atoms with van der Waals surface area (Å²) in [7, 11) is 0. The van der Waals surface area contributed by atoms with Gasteiger partial charge in [-0.2, -0.15) is 0 Å². The standard InChI is InChI=1S/C23H27Cl2FN2O2S/c1-15(22(30)27-23(2,3)4)28(12-16-5-9-19(26)10-6-16)21(29)14-31-13-17-7-8-18(24)11-20(17)25/h5-11,15H,12-14H2,1-4H3,(H,27,30)/t15-/m0/s1. The van der Waals surface area contributed by atoms with Gasteiger partial charge in [-0.25, -0.2) is 4.39 Å². The highest BCUT2D eigenvalue weighted by molar-refractivity contribution is 7.99. The molecule has 4 nitrogen and oxygen atoms in total. The Morgan fingerprint density at radius 1 is 1.13 bits per heavy atom. The Kier molecular flexibility index (Phi) is 9.22. The Morgan fingerprint density at radius 2 is 1.77 bits per heavy atom. The summed E-state index contributed by atoms with van der Waals surface area (Å²) in [4.78, 5) is 27.3. The van der Waals surface area contributed by atoms with Crippen LogP contribution in [0, 0.1) is 5.82 Å². The minimum Gasteiger partial charge on any atom is -0.350 e.